The van der Waals surface area contributed by atoms with Gasteiger partial charge in [-0.05, 0) is 136 Å². The molecule has 2 fully saturated rings. The van der Waals surface area contributed by atoms with E-state index in [0.29, 0.717) is 25.1 Å². The maximum absolute atomic E-state index is 13.6. The highest BCUT2D eigenvalue weighted by Gasteiger charge is 2.48. The number of carbonyl (C=O) groups is 3. The molecule has 0 saturated carbocycles. The lowest BCUT2D eigenvalue weighted by Crippen LogP contribution is -2.46. The molecule has 2 aliphatic heterocycles. The van der Waals surface area contributed by atoms with Crippen LogP contribution < -0.4 is 0 Å². The van der Waals surface area contributed by atoms with Crippen LogP contribution in [0.3, 0.4) is 0 Å². The molecule has 2 unspecified atom stereocenters. The highest BCUT2D eigenvalue weighted by molar-refractivity contribution is 5.73. The summed E-state index contributed by atoms with van der Waals surface area (Å²) in [6.07, 6.45) is 62.8. The number of nitrogens with zero attached hydrogens (tertiary/aromatic N) is 1. The predicted octanol–water partition coefficient (Wildman–Crippen LogP) is 18.0. The fourth-order valence-electron chi connectivity index (χ4n) is 9.78. The second kappa shape index (κ2) is 49.6. The first kappa shape index (κ1) is 68.4. The normalized spacial score (nSPS) is 18.7. The van der Waals surface area contributed by atoms with E-state index in [1.54, 1.807) is 0 Å². The van der Waals surface area contributed by atoms with E-state index >= 15 is 0 Å². The van der Waals surface area contributed by atoms with Crippen molar-refractivity contribution in [3.63, 3.8) is 0 Å². The monoisotopic (exact) mass is 1060 g/mol. The van der Waals surface area contributed by atoms with Crippen molar-refractivity contribution in [2.45, 2.75) is 283 Å². The number of ether oxygens (including phenoxy) is 5. The van der Waals surface area contributed by atoms with E-state index in [1.807, 2.05) is 7.05 Å². The van der Waals surface area contributed by atoms with Gasteiger partial charge in [-0.3, -0.25) is 14.4 Å². The molecular formula is C67H113NO8. The third-order valence-corrected chi connectivity index (χ3v) is 14.6. The Morgan fingerprint density at radius 1 is 0.526 bits per heavy atom. The zero-order valence-corrected chi connectivity index (χ0v) is 49.2. The molecule has 0 aliphatic carbocycles. The van der Waals surface area contributed by atoms with Crippen LogP contribution in [0.15, 0.2) is 85.3 Å². The first-order valence-corrected chi connectivity index (χ1v) is 31.4. The van der Waals surface area contributed by atoms with Crippen molar-refractivity contribution < 1.29 is 38.1 Å². The van der Waals surface area contributed by atoms with E-state index in [9.17, 15) is 14.4 Å². The van der Waals surface area contributed by atoms with Crippen LogP contribution in [0, 0.1) is 5.92 Å². The van der Waals surface area contributed by atoms with Gasteiger partial charge in [-0.15, -0.1) is 0 Å². The van der Waals surface area contributed by atoms with Gasteiger partial charge in [0, 0.05) is 25.8 Å². The van der Waals surface area contributed by atoms with Crippen LogP contribution in [-0.2, 0) is 38.1 Å². The van der Waals surface area contributed by atoms with E-state index in [4.69, 9.17) is 23.7 Å². The molecule has 9 heteroatoms. The van der Waals surface area contributed by atoms with Gasteiger partial charge in [-0.25, -0.2) is 0 Å². The fourth-order valence-corrected chi connectivity index (χ4v) is 9.78. The molecule has 76 heavy (non-hydrogen) atoms. The molecular weight excluding hydrogens is 947 g/mol. The van der Waals surface area contributed by atoms with Gasteiger partial charge >= 0.3 is 17.9 Å². The summed E-state index contributed by atoms with van der Waals surface area (Å²) >= 11 is 0. The minimum absolute atomic E-state index is 0.0544. The van der Waals surface area contributed by atoms with Crippen LogP contribution in [0.25, 0.3) is 0 Å². The number of likely N-dealkylation sites (tertiary alicyclic amines) is 1. The molecule has 0 aromatic heterocycles. The Bertz CT molecular complexity index is 1630. The summed E-state index contributed by atoms with van der Waals surface area (Å²) in [6, 6.07) is 0. The average molecular weight is 1060 g/mol. The number of unbranched alkanes of at least 4 members (excludes halogenated alkanes) is 24. The Labute approximate surface area is 466 Å². The van der Waals surface area contributed by atoms with E-state index < -0.39 is 24.4 Å². The Balaban J connectivity index is 1.97. The third-order valence-electron chi connectivity index (χ3n) is 14.6. The molecule has 2 saturated heterocycles. The highest BCUT2D eigenvalue weighted by atomic mass is 16.6. The van der Waals surface area contributed by atoms with Crippen molar-refractivity contribution in [3.05, 3.63) is 85.3 Å². The van der Waals surface area contributed by atoms with Crippen molar-refractivity contribution in [1.29, 1.82) is 0 Å². The van der Waals surface area contributed by atoms with Crippen molar-refractivity contribution in [1.82, 2.24) is 4.90 Å². The fraction of sp³-hybridized carbons (Fsp3) is 0.746. The highest BCUT2D eigenvalue weighted by Crippen LogP contribution is 2.29. The number of rotatable bonds is 50. The lowest BCUT2D eigenvalue weighted by molar-refractivity contribution is -0.172. The van der Waals surface area contributed by atoms with Gasteiger partial charge in [0.1, 0.15) is 12.7 Å². The Hall–Kier alpha value is -3.69. The van der Waals surface area contributed by atoms with E-state index in [1.165, 1.54) is 89.9 Å². The van der Waals surface area contributed by atoms with Crippen LogP contribution >= 0.6 is 0 Å². The van der Waals surface area contributed by atoms with Crippen LogP contribution in [0.5, 0.6) is 0 Å². The number of hydrogen-bond donors (Lipinski definition) is 0. The molecule has 0 radical (unpaired) electrons. The Morgan fingerprint density at radius 3 is 1.34 bits per heavy atom. The maximum atomic E-state index is 13.6. The van der Waals surface area contributed by atoms with Crippen molar-refractivity contribution >= 4 is 17.9 Å². The summed E-state index contributed by atoms with van der Waals surface area (Å²) < 4.78 is 31.2. The summed E-state index contributed by atoms with van der Waals surface area (Å²) in [7, 11) is 2.01. The van der Waals surface area contributed by atoms with Crippen LogP contribution in [0.2, 0.25) is 0 Å². The summed E-state index contributed by atoms with van der Waals surface area (Å²) in [6.45, 7) is 12.5. The number of hydrogen-bond acceptors (Lipinski definition) is 9. The zero-order valence-electron chi connectivity index (χ0n) is 49.2. The van der Waals surface area contributed by atoms with Crippen molar-refractivity contribution in [3.8, 4) is 0 Å². The summed E-state index contributed by atoms with van der Waals surface area (Å²) in [5, 5.41) is 0. The largest absolute Gasteiger partial charge is 0.489 e. The van der Waals surface area contributed by atoms with Gasteiger partial charge in [0.2, 0.25) is 0 Å². The van der Waals surface area contributed by atoms with Gasteiger partial charge in [0.15, 0.2) is 18.3 Å². The van der Waals surface area contributed by atoms with Gasteiger partial charge < -0.3 is 28.6 Å². The summed E-state index contributed by atoms with van der Waals surface area (Å²) in [4.78, 5) is 42.5. The second-order valence-electron chi connectivity index (χ2n) is 21.8. The molecule has 2 rings (SSSR count). The summed E-state index contributed by atoms with van der Waals surface area (Å²) in [5.41, 5.74) is 0. The second-order valence-corrected chi connectivity index (χ2v) is 21.8. The first-order chi connectivity index (χ1) is 37.3. The van der Waals surface area contributed by atoms with E-state index in [0.717, 1.165) is 129 Å². The molecule has 0 bridgehead atoms. The molecule has 2 heterocycles. The lowest BCUT2D eigenvalue weighted by atomic mass is 10.0. The standard InChI is InChI=1S/C67H113NO8/c1-6-9-12-15-18-21-24-27-30-33-36-39-42-45-48-51-59(4)74-61(58-73-67(71)60-54-55-68(5)56-60)65-66(76-64(70)53-50-47-44-41-38-35-32-29-26-23-20-17-14-11-8-3)62(57-72-65)75-63(69)52-49-46-43-40-37-34-31-28-25-22-19-16-13-10-7-2/h18-23,27-32,60-62,65-66H,4,6-17,24-26,33-58H2,1-3,5H3/b21-18-,22-19-,23-20-,30-27-,31-28-,32-29-/t60?,61-,62+,65?,66-/m1/s1. The van der Waals surface area contributed by atoms with Crippen LogP contribution in [0.1, 0.15) is 258 Å². The molecule has 0 aromatic rings. The van der Waals surface area contributed by atoms with Gasteiger partial charge in [0.25, 0.3) is 0 Å². The van der Waals surface area contributed by atoms with Crippen LogP contribution in [-0.4, -0.2) is 80.6 Å². The average Bonchev–Trinajstić information content (AvgIpc) is 4.03. The summed E-state index contributed by atoms with van der Waals surface area (Å²) in [5.74, 6) is -0.589. The topological polar surface area (TPSA) is 101 Å². The number of allylic oxidation sites excluding steroid dienone is 13. The molecule has 0 aromatic carbocycles. The van der Waals surface area contributed by atoms with E-state index in [2.05, 4.69) is 105 Å². The molecule has 0 N–H and O–H groups in total. The van der Waals surface area contributed by atoms with Crippen LogP contribution in [0.4, 0.5) is 0 Å². The third kappa shape index (κ3) is 38.0. The van der Waals surface area contributed by atoms with Crippen molar-refractivity contribution in [2.24, 2.45) is 5.92 Å². The maximum Gasteiger partial charge on any atom is 0.310 e. The van der Waals surface area contributed by atoms with Gasteiger partial charge in [-0.2, -0.15) is 0 Å². The molecule has 0 amide bonds. The number of esters is 3. The Morgan fingerprint density at radius 2 is 0.921 bits per heavy atom. The quantitative estimate of drug-likeness (QED) is 0.0194. The first-order valence-electron chi connectivity index (χ1n) is 31.4. The minimum Gasteiger partial charge on any atom is -0.489 e. The minimum atomic E-state index is -0.913. The zero-order chi connectivity index (χ0) is 54.8. The molecule has 9 nitrogen and oxygen atoms in total. The molecule has 0 spiro atoms. The Kier molecular flexibility index (Phi) is 44.6. The molecule has 5 atom stereocenters. The number of carbonyl (C=O) groups excluding carboxylic acids is 3. The smallest absolute Gasteiger partial charge is 0.310 e. The van der Waals surface area contributed by atoms with Gasteiger partial charge in [-0.1, -0.05) is 197 Å². The lowest BCUT2D eigenvalue weighted by Gasteiger charge is -2.30. The van der Waals surface area contributed by atoms with Crippen molar-refractivity contribution in [2.75, 3.05) is 33.4 Å². The van der Waals surface area contributed by atoms with Gasteiger partial charge in [0.05, 0.1) is 18.3 Å². The van der Waals surface area contributed by atoms with E-state index in [-0.39, 0.29) is 49.9 Å². The predicted molar refractivity (Wildman–Crippen MR) is 318 cm³/mol. The molecule has 434 valence electrons. The molecule has 2 aliphatic rings. The SMILES string of the molecule is C=C(CCCCCCC/C=C\C/C=C\CCCCC)O[C@H](COC(=O)C1CCN(C)C1)C1OC[C@H](OC(=O)CCCCCCC/C=C\C/C=C\CCCCC)[C@H]1OC(=O)CCCCCCC/C=C\C/C=C\CCCCC.